The molecular formula is C8H13NO5S. The zero-order valence-corrected chi connectivity index (χ0v) is 9.33. The highest BCUT2D eigenvalue weighted by Gasteiger charge is 2.00. The number of carbonyl (C=O) groups excluding carboxylic acids is 2. The molecule has 0 fully saturated rings. The summed E-state index contributed by atoms with van der Waals surface area (Å²) in [5.41, 5.74) is 0. The first-order chi connectivity index (χ1) is 7.06. The van der Waals surface area contributed by atoms with Gasteiger partial charge >= 0.3 is 11.9 Å². The van der Waals surface area contributed by atoms with E-state index in [1.165, 1.54) is 13.4 Å². The maximum absolute atomic E-state index is 10.9. The van der Waals surface area contributed by atoms with E-state index in [1.54, 1.807) is 0 Å². The molecule has 0 saturated heterocycles. The number of carbonyl (C=O) groups is 2. The van der Waals surface area contributed by atoms with E-state index in [2.05, 4.69) is 14.2 Å². The van der Waals surface area contributed by atoms with Crippen LogP contribution in [-0.4, -0.2) is 43.0 Å². The summed E-state index contributed by atoms with van der Waals surface area (Å²) in [5.74, 6) is -1.27. The number of ether oxygens (including phenoxy) is 2. The van der Waals surface area contributed by atoms with Crippen molar-refractivity contribution in [2.45, 2.75) is 0 Å². The summed E-state index contributed by atoms with van der Waals surface area (Å²) in [5, 5.41) is 0. The Morgan fingerprint density at radius 2 is 2.00 bits per heavy atom. The lowest BCUT2D eigenvalue weighted by molar-refractivity contribution is -0.139. The molecular weight excluding hydrogens is 222 g/mol. The van der Waals surface area contributed by atoms with Gasteiger partial charge in [-0.15, -0.1) is 4.72 Å². The molecule has 0 saturated carbocycles. The van der Waals surface area contributed by atoms with Gasteiger partial charge in [0.15, 0.2) is 0 Å². The van der Waals surface area contributed by atoms with E-state index in [0.29, 0.717) is 6.54 Å². The predicted octanol–water partition coefficient (Wildman–Crippen LogP) is -0.858. The smallest absolute Gasteiger partial charge is 0.331 e. The minimum absolute atomic E-state index is 0.0872. The third-order valence-corrected chi connectivity index (χ3v) is 1.82. The largest absolute Gasteiger partial charge is 0.598 e. The molecule has 0 spiro atoms. The summed E-state index contributed by atoms with van der Waals surface area (Å²) in [6.45, 7) is 0.380. The normalized spacial score (nSPS) is 12.5. The molecule has 0 heterocycles. The quantitative estimate of drug-likeness (QED) is 0.279. The standard InChI is InChI=1S/C8H13NO5S/c1-13-7(10)3-4-8(11)14-6-5-9-15(2)12/h3-4,9H,5-6H2,1-2H3/b4-3+. The van der Waals surface area contributed by atoms with Crippen LogP contribution in [0.25, 0.3) is 0 Å². The van der Waals surface area contributed by atoms with Gasteiger partial charge in [-0.3, -0.25) is 0 Å². The Hall–Kier alpha value is -1.05. The molecule has 0 amide bonds. The Bertz CT molecular complexity index is 241. The summed E-state index contributed by atoms with van der Waals surface area (Å²) in [6.07, 6.45) is 3.40. The summed E-state index contributed by atoms with van der Waals surface area (Å²) < 4.78 is 22.0. The fraction of sp³-hybridized carbons (Fsp3) is 0.500. The molecule has 7 heteroatoms. The first-order valence-corrected chi connectivity index (χ1v) is 5.61. The van der Waals surface area contributed by atoms with Crippen LogP contribution in [0, 0.1) is 0 Å². The number of nitrogens with one attached hydrogen (secondary N) is 1. The molecule has 6 nitrogen and oxygen atoms in total. The van der Waals surface area contributed by atoms with E-state index in [0.717, 1.165) is 12.2 Å². The van der Waals surface area contributed by atoms with Gasteiger partial charge in [0, 0.05) is 23.5 Å². The Balaban J connectivity index is 3.58. The number of hydrogen-bond acceptors (Lipinski definition) is 6. The second kappa shape index (κ2) is 8.27. The Kier molecular flexibility index (Phi) is 7.69. The average molecular weight is 235 g/mol. The van der Waals surface area contributed by atoms with Gasteiger partial charge in [-0.1, -0.05) is 0 Å². The molecule has 1 unspecified atom stereocenters. The second-order valence-electron chi connectivity index (χ2n) is 2.37. The van der Waals surface area contributed by atoms with Gasteiger partial charge in [0.05, 0.1) is 13.7 Å². The average Bonchev–Trinajstić information content (AvgIpc) is 2.20. The van der Waals surface area contributed by atoms with E-state index < -0.39 is 23.3 Å². The monoisotopic (exact) mass is 235 g/mol. The lowest BCUT2D eigenvalue weighted by Crippen LogP contribution is -2.26. The third-order valence-electron chi connectivity index (χ3n) is 1.21. The summed E-state index contributed by atoms with van der Waals surface area (Å²) in [7, 11) is 1.21. The molecule has 15 heavy (non-hydrogen) atoms. The molecule has 0 aliphatic heterocycles. The lowest BCUT2D eigenvalue weighted by atomic mass is 10.5. The number of hydrogen-bond donors (Lipinski definition) is 1. The molecule has 86 valence electrons. The van der Waals surface area contributed by atoms with Crippen molar-refractivity contribution in [1.29, 1.82) is 0 Å². The van der Waals surface area contributed by atoms with Crippen LogP contribution in [-0.2, 0) is 30.4 Å². The summed E-state index contributed by atoms with van der Waals surface area (Å²) in [6, 6.07) is 0. The maximum atomic E-state index is 10.9. The van der Waals surface area contributed by atoms with Crippen LogP contribution >= 0.6 is 0 Å². The highest BCUT2D eigenvalue weighted by atomic mass is 32.2. The van der Waals surface area contributed by atoms with Crippen LogP contribution in [0.5, 0.6) is 0 Å². The molecule has 0 rings (SSSR count). The van der Waals surface area contributed by atoms with Gasteiger partial charge in [-0.2, -0.15) is 0 Å². The lowest BCUT2D eigenvalue weighted by Gasteiger charge is -2.05. The molecule has 1 N–H and O–H groups in total. The highest BCUT2D eigenvalue weighted by Crippen LogP contribution is 1.84. The molecule has 1 atom stereocenters. The summed E-state index contributed by atoms with van der Waals surface area (Å²) >= 11 is -1.13. The van der Waals surface area contributed by atoms with Crippen molar-refractivity contribution in [2.75, 3.05) is 26.5 Å². The van der Waals surface area contributed by atoms with Crippen LogP contribution in [0.2, 0.25) is 0 Å². The van der Waals surface area contributed by atoms with Crippen LogP contribution in [0.15, 0.2) is 12.2 Å². The molecule has 0 bridgehead atoms. The van der Waals surface area contributed by atoms with Crippen LogP contribution in [0.4, 0.5) is 0 Å². The molecule has 0 aliphatic rings. The first kappa shape index (κ1) is 13.9. The number of rotatable bonds is 6. The molecule has 0 radical (unpaired) electrons. The van der Waals surface area contributed by atoms with E-state index in [9.17, 15) is 14.1 Å². The van der Waals surface area contributed by atoms with E-state index in [-0.39, 0.29) is 6.61 Å². The third kappa shape index (κ3) is 9.26. The zero-order valence-electron chi connectivity index (χ0n) is 8.52. The predicted molar refractivity (Wildman–Crippen MR) is 54.2 cm³/mol. The first-order valence-electron chi connectivity index (χ1n) is 4.06. The molecule has 0 aromatic carbocycles. The van der Waals surface area contributed by atoms with Gasteiger partial charge in [0.25, 0.3) is 0 Å². The fourth-order valence-electron chi connectivity index (χ4n) is 0.589. The number of esters is 2. The van der Waals surface area contributed by atoms with Crippen molar-refractivity contribution in [3.05, 3.63) is 12.2 Å². The van der Waals surface area contributed by atoms with Crippen molar-refractivity contribution in [3.8, 4) is 0 Å². The van der Waals surface area contributed by atoms with E-state index in [1.807, 2.05) is 0 Å². The number of methoxy groups -OCH3 is 1. The highest BCUT2D eigenvalue weighted by molar-refractivity contribution is 7.88. The molecule has 0 aliphatic carbocycles. The maximum Gasteiger partial charge on any atom is 0.331 e. The van der Waals surface area contributed by atoms with Crippen molar-refractivity contribution in [2.24, 2.45) is 0 Å². The van der Waals surface area contributed by atoms with Gasteiger partial charge < -0.3 is 14.0 Å². The Morgan fingerprint density at radius 1 is 1.40 bits per heavy atom. The van der Waals surface area contributed by atoms with E-state index >= 15 is 0 Å². The molecule has 0 aromatic rings. The van der Waals surface area contributed by atoms with Crippen molar-refractivity contribution in [1.82, 2.24) is 4.72 Å². The van der Waals surface area contributed by atoms with Crippen molar-refractivity contribution in [3.63, 3.8) is 0 Å². The Labute approximate surface area is 90.9 Å². The minimum atomic E-state index is -1.13. The van der Waals surface area contributed by atoms with Crippen LogP contribution < -0.4 is 4.72 Å². The fourth-order valence-corrected chi connectivity index (χ4v) is 0.960. The van der Waals surface area contributed by atoms with Gasteiger partial charge in [-0.05, 0) is 0 Å². The van der Waals surface area contributed by atoms with E-state index in [4.69, 9.17) is 0 Å². The van der Waals surface area contributed by atoms with Gasteiger partial charge in [0.2, 0.25) is 0 Å². The van der Waals surface area contributed by atoms with Crippen LogP contribution in [0.1, 0.15) is 0 Å². The van der Waals surface area contributed by atoms with Gasteiger partial charge in [0.1, 0.15) is 12.9 Å². The van der Waals surface area contributed by atoms with Crippen molar-refractivity contribution < 1.29 is 23.6 Å². The second-order valence-corrected chi connectivity index (χ2v) is 3.57. The van der Waals surface area contributed by atoms with Gasteiger partial charge in [-0.25, -0.2) is 9.59 Å². The Morgan fingerprint density at radius 3 is 2.53 bits per heavy atom. The zero-order chi connectivity index (χ0) is 11.7. The van der Waals surface area contributed by atoms with Crippen LogP contribution in [0.3, 0.4) is 0 Å². The topological polar surface area (TPSA) is 87.7 Å². The summed E-state index contributed by atoms with van der Waals surface area (Å²) in [4.78, 5) is 21.5. The minimum Gasteiger partial charge on any atom is -0.598 e. The molecule has 0 aromatic heterocycles. The SMILES string of the molecule is COC(=O)/C=C/C(=O)OCCN[S+](C)[O-]. The van der Waals surface area contributed by atoms with Crippen molar-refractivity contribution >= 4 is 23.3 Å².